The van der Waals surface area contributed by atoms with Gasteiger partial charge in [0.15, 0.2) is 4.80 Å². The van der Waals surface area contributed by atoms with E-state index in [9.17, 15) is 4.79 Å². The lowest BCUT2D eigenvalue weighted by Gasteiger charge is -2.31. The molecule has 7 heteroatoms. The summed E-state index contributed by atoms with van der Waals surface area (Å²) in [5.74, 6) is 2.13. The highest BCUT2D eigenvalue weighted by Crippen LogP contribution is 2.41. The molecule has 0 spiro atoms. The van der Waals surface area contributed by atoms with Gasteiger partial charge in [0.25, 0.3) is 5.56 Å². The monoisotopic (exact) mass is 510 g/mol. The summed E-state index contributed by atoms with van der Waals surface area (Å²) >= 11 is 1.39. The lowest BCUT2D eigenvalue weighted by atomic mass is 9.83. The van der Waals surface area contributed by atoms with E-state index in [0.29, 0.717) is 20.8 Å². The molecule has 6 rings (SSSR count). The van der Waals surface area contributed by atoms with Crippen molar-refractivity contribution in [2.45, 2.75) is 18.9 Å². The van der Waals surface area contributed by atoms with Crippen LogP contribution in [0.3, 0.4) is 0 Å². The van der Waals surface area contributed by atoms with Crippen LogP contribution in [-0.2, 0) is 6.42 Å². The Bertz CT molecular complexity index is 1730. The van der Waals surface area contributed by atoms with Crippen LogP contribution in [0.5, 0.6) is 17.2 Å². The van der Waals surface area contributed by atoms with Crippen molar-refractivity contribution in [1.29, 1.82) is 0 Å². The van der Waals surface area contributed by atoms with Gasteiger partial charge in [-0.2, -0.15) is 0 Å². The summed E-state index contributed by atoms with van der Waals surface area (Å²) in [5.41, 5.74) is 6.27. The van der Waals surface area contributed by atoms with Crippen LogP contribution in [-0.4, -0.2) is 25.9 Å². The van der Waals surface area contributed by atoms with Crippen LogP contribution < -0.4 is 29.1 Å². The first kappa shape index (κ1) is 23.3. The fourth-order valence-corrected chi connectivity index (χ4v) is 6.22. The molecule has 3 aromatic carbocycles. The zero-order chi connectivity index (χ0) is 25.5. The second-order valence-corrected chi connectivity index (χ2v) is 10.0. The predicted octanol–water partition coefficient (Wildman–Crippen LogP) is 4.34. The molecule has 0 radical (unpaired) electrons. The van der Waals surface area contributed by atoms with Crippen LogP contribution in [0.2, 0.25) is 0 Å². The topological polar surface area (TPSA) is 62.0 Å². The molecule has 2 heterocycles. The predicted molar refractivity (Wildman–Crippen MR) is 145 cm³/mol. The molecule has 0 fully saturated rings. The second-order valence-electron chi connectivity index (χ2n) is 9.00. The average Bonchev–Trinajstić information content (AvgIpc) is 3.25. The number of aryl methyl sites for hydroxylation is 1. The van der Waals surface area contributed by atoms with Gasteiger partial charge in [0.05, 0.1) is 37.6 Å². The van der Waals surface area contributed by atoms with Crippen LogP contribution in [0.15, 0.2) is 82.1 Å². The van der Waals surface area contributed by atoms with Gasteiger partial charge in [0.1, 0.15) is 17.2 Å². The van der Waals surface area contributed by atoms with Crippen LogP contribution in [0.4, 0.5) is 0 Å². The van der Waals surface area contributed by atoms with Crippen molar-refractivity contribution in [1.82, 2.24) is 4.57 Å². The molecule has 6 nitrogen and oxygen atoms in total. The maximum atomic E-state index is 14.0. The number of nitrogens with zero attached hydrogens (tertiary/aromatic N) is 2. The zero-order valence-electron chi connectivity index (χ0n) is 20.9. The van der Waals surface area contributed by atoms with Gasteiger partial charge in [-0.25, -0.2) is 4.99 Å². The van der Waals surface area contributed by atoms with Crippen LogP contribution >= 0.6 is 11.3 Å². The van der Waals surface area contributed by atoms with E-state index in [4.69, 9.17) is 19.2 Å². The van der Waals surface area contributed by atoms with Crippen LogP contribution in [0, 0.1) is 0 Å². The van der Waals surface area contributed by atoms with Crippen LogP contribution in [0.25, 0.3) is 11.8 Å². The van der Waals surface area contributed by atoms with Gasteiger partial charge in [-0.05, 0) is 65.9 Å². The smallest absolute Gasteiger partial charge is 0.271 e. The van der Waals surface area contributed by atoms with Crippen molar-refractivity contribution < 1.29 is 14.2 Å². The lowest BCUT2D eigenvalue weighted by molar-refractivity contribution is 0.402. The fraction of sp³-hybridized carbons (Fsp3) is 0.200. The quantitative estimate of drug-likeness (QED) is 0.401. The molecular formula is C30H26N2O4S. The molecule has 37 heavy (non-hydrogen) atoms. The number of allylic oxidation sites excluding steroid dienone is 1. The maximum Gasteiger partial charge on any atom is 0.271 e. The Hall–Kier alpha value is -4.10. The van der Waals surface area contributed by atoms with E-state index in [0.717, 1.165) is 46.6 Å². The highest BCUT2D eigenvalue weighted by Gasteiger charge is 2.32. The molecule has 0 saturated carbocycles. The number of rotatable bonds is 5. The number of fused-ring (bicyclic) bond motifs is 3. The number of hydrogen-bond donors (Lipinski definition) is 0. The van der Waals surface area contributed by atoms with Gasteiger partial charge < -0.3 is 14.2 Å². The van der Waals surface area contributed by atoms with E-state index < -0.39 is 0 Å². The van der Waals surface area contributed by atoms with Gasteiger partial charge in [-0.1, -0.05) is 47.7 Å². The minimum Gasteiger partial charge on any atom is -0.497 e. The van der Waals surface area contributed by atoms with E-state index >= 15 is 0 Å². The van der Waals surface area contributed by atoms with E-state index in [1.54, 1.807) is 21.3 Å². The van der Waals surface area contributed by atoms with Gasteiger partial charge >= 0.3 is 0 Å². The third-order valence-corrected chi connectivity index (χ3v) is 7.99. The lowest BCUT2D eigenvalue weighted by Crippen LogP contribution is -2.38. The minimum absolute atomic E-state index is 0.0770. The minimum atomic E-state index is -0.260. The van der Waals surface area contributed by atoms with Crippen molar-refractivity contribution >= 4 is 23.1 Å². The van der Waals surface area contributed by atoms with Gasteiger partial charge in [-0.15, -0.1) is 0 Å². The van der Waals surface area contributed by atoms with Gasteiger partial charge in [0, 0.05) is 11.1 Å². The Balaban J connectivity index is 1.62. The van der Waals surface area contributed by atoms with Crippen molar-refractivity contribution in [2.24, 2.45) is 4.99 Å². The summed E-state index contributed by atoms with van der Waals surface area (Å²) in [6, 6.07) is 21.7. The standard InChI is InChI=1S/C30H26N2O4S/c1-34-21-9-6-8-19(15-21)28-24-13-11-18-7-4-5-10-23(18)27(24)31-30-32(28)29(33)26(37-30)17-20-16-22(35-2)12-14-25(20)36-3/h4-10,12,14-17,28H,11,13H2,1-3H3. The Kier molecular flexibility index (Phi) is 5.93. The Labute approximate surface area is 218 Å². The molecule has 1 unspecified atom stereocenters. The van der Waals surface area contributed by atoms with Crippen molar-refractivity contribution in [2.75, 3.05) is 21.3 Å². The molecule has 1 atom stereocenters. The summed E-state index contributed by atoms with van der Waals surface area (Å²) < 4.78 is 18.9. The summed E-state index contributed by atoms with van der Waals surface area (Å²) in [4.78, 5) is 19.7. The number of methoxy groups -OCH3 is 3. The third-order valence-electron chi connectivity index (χ3n) is 7.01. The number of thiazole rings is 1. The molecule has 0 saturated heterocycles. The van der Waals surface area contributed by atoms with Crippen molar-refractivity contribution in [3.8, 4) is 17.2 Å². The Morgan fingerprint density at radius 1 is 0.919 bits per heavy atom. The van der Waals surface area contributed by atoms with E-state index in [1.807, 2.05) is 47.0 Å². The molecule has 186 valence electrons. The zero-order valence-corrected chi connectivity index (χ0v) is 21.7. The van der Waals surface area contributed by atoms with E-state index in [1.165, 1.54) is 16.9 Å². The molecule has 1 aliphatic heterocycles. The fourth-order valence-electron chi connectivity index (χ4n) is 5.23. The van der Waals surface area contributed by atoms with E-state index in [-0.39, 0.29) is 11.6 Å². The van der Waals surface area contributed by atoms with Crippen molar-refractivity contribution in [3.05, 3.63) is 114 Å². The third kappa shape index (κ3) is 3.96. The molecule has 2 aliphatic rings. The van der Waals surface area contributed by atoms with Gasteiger partial charge in [-0.3, -0.25) is 9.36 Å². The first-order valence-electron chi connectivity index (χ1n) is 12.1. The normalized spacial score (nSPS) is 16.4. The number of aromatic nitrogens is 1. The number of hydrogen-bond acceptors (Lipinski definition) is 6. The summed E-state index contributed by atoms with van der Waals surface area (Å²) in [6.45, 7) is 0. The summed E-state index contributed by atoms with van der Waals surface area (Å²) in [5, 5.41) is 0. The van der Waals surface area contributed by atoms with Crippen molar-refractivity contribution in [3.63, 3.8) is 0 Å². The molecule has 0 bridgehead atoms. The number of benzene rings is 3. The molecule has 0 N–H and O–H groups in total. The highest BCUT2D eigenvalue weighted by molar-refractivity contribution is 7.07. The largest absolute Gasteiger partial charge is 0.497 e. The molecule has 4 aromatic rings. The Morgan fingerprint density at radius 3 is 2.54 bits per heavy atom. The van der Waals surface area contributed by atoms with Crippen LogP contribution in [0.1, 0.15) is 34.7 Å². The molecule has 1 aliphatic carbocycles. The maximum absolute atomic E-state index is 14.0. The first-order valence-corrected chi connectivity index (χ1v) is 12.9. The molecule has 1 aromatic heterocycles. The highest BCUT2D eigenvalue weighted by atomic mass is 32.1. The Morgan fingerprint density at radius 2 is 1.73 bits per heavy atom. The summed E-state index contributed by atoms with van der Waals surface area (Å²) in [7, 11) is 4.90. The average molecular weight is 511 g/mol. The summed E-state index contributed by atoms with van der Waals surface area (Å²) in [6.07, 6.45) is 3.62. The second kappa shape index (κ2) is 9.41. The first-order chi connectivity index (χ1) is 18.1. The molecular weight excluding hydrogens is 484 g/mol. The van der Waals surface area contributed by atoms with Gasteiger partial charge in [0.2, 0.25) is 0 Å². The number of ether oxygens (including phenoxy) is 3. The SMILES string of the molecule is COc1cccc(C2C3=C(N=c4sc(=Cc5cc(OC)ccc5OC)c(=O)n42)c2ccccc2CC3)c1. The van der Waals surface area contributed by atoms with E-state index in [2.05, 4.69) is 30.3 Å². The molecule has 0 amide bonds.